The van der Waals surface area contributed by atoms with Crippen LogP contribution in [-0.4, -0.2) is 60.3 Å². The van der Waals surface area contributed by atoms with Gasteiger partial charge < -0.3 is 14.7 Å². The average molecular weight is 530 g/mol. The SMILES string of the molecule is O=C(C1CCN(c2ccc(-c3ccc(Br)s3)nn2)CC1)N1CCN(c2ccc(F)cc2)CC1. The number of benzene rings is 1. The van der Waals surface area contributed by atoms with Gasteiger partial charge >= 0.3 is 0 Å². The molecule has 3 aromatic rings. The van der Waals surface area contributed by atoms with Gasteiger partial charge in [0.2, 0.25) is 5.91 Å². The molecule has 0 saturated carbocycles. The van der Waals surface area contributed by atoms with E-state index >= 15 is 0 Å². The molecular weight excluding hydrogens is 505 g/mol. The molecule has 172 valence electrons. The first-order chi connectivity index (χ1) is 16.1. The van der Waals surface area contributed by atoms with Gasteiger partial charge in [-0.1, -0.05) is 0 Å². The maximum Gasteiger partial charge on any atom is 0.225 e. The van der Waals surface area contributed by atoms with E-state index in [4.69, 9.17) is 0 Å². The first kappa shape index (κ1) is 22.3. The quantitative estimate of drug-likeness (QED) is 0.491. The van der Waals surface area contributed by atoms with Gasteiger partial charge in [-0.2, -0.15) is 0 Å². The van der Waals surface area contributed by atoms with Crippen molar-refractivity contribution < 1.29 is 9.18 Å². The van der Waals surface area contributed by atoms with Gasteiger partial charge in [0, 0.05) is 50.9 Å². The Morgan fingerprint density at radius 3 is 2.21 bits per heavy atom. The molecule has 2 aliphatic rings. The molecule has 0 unspecified atom stereocenters. The van der Waals surface area contributed by atoms with Gasteiger partial charge in [-0.05, 0) is 77.3 Å². The Morgan fingerprint density at radius 2 is 1.61 bits per heavy atom. The number of hydrogen-bond acceptors (Lipinski definition) is 6. The number of rotatable bonds is 4. The van der Waals surface area contributed by atoms with Crippen molar-refractivity contribution in [1.82, 2.24) is 15.1 Å². The molecule has 0 aliphatic carbocycles. The maximum atomic E-state index is 13.2. The highest BCUT2D eigenvalue weighted by Gasteiger charge is 2.31. The first-order valence-electron chi connectivity index (χ1n) is 11.2. The Labute approximate surface area is 205 Å². The molecule has 2 aromatic heterocycles. The van der Waals surface area contributed by atoms with E-state index in [-0.39, 0.29) is 17.6 Å². The molecule has 2 saturated heterocycles. The predicted octanol–water partition coefficient (Wildman–Crippen LogP) is 4.67. The van der Waals surface area contributed by atoms with Crippen LogP contribution in [0, 0.1) is 11.7 Å². The average Bonchev–Trinajstić information content (AvgIpc) is 3.31. The van der Waals surface area contributed by atoms with Crippen molar-refractivity contribution in [3.63, 3.8) is 0 Å². The lowest BCUT2D eigenvalue weighted by molar-refractivity contribution is -0.136. The number of halogens is 2. The van der Waals surface area contributed by atoms with Gasteiger partial charge in [0.05, 0.1) is 8.66 Å². The molecule has 1 aromatic carbocycles. The number of aromatic nitrogens is 2. The summed E-state index contributed by atoms with van der Waals surface area (Å²) in [4.78, 5) is 20.6. The van der Waals surface area contributed by atoms with Crippen LogP contribution < -0.4 is 9.80 Å². The Bertz CT molecular complexity index is 1090. The molecule has 9 heteroatoms. The van der Waals surface area contributed by atoms with Gasteiger partial charge in [-0.3, -0.25) is 4.79 Å². The van der Waals surface area contributed by atoms with Crippen molar-refractivity contribution >= 4 is 44.7 Å². The topological polar surface area (TPSA) is 52.6 Å². The summed E-state index contributed by atoms with van der Waals surface area (Å²) in [6, 6.07) is 14.7. The van der Waals surface area contributed by atoms with Gasteiger partial charge in [0.15, 0.2) is 5.82 Å². The summed E-state index contributed by atoms with van der Waals surface area (Å²) in [6.45, 7) is 4.59. The lowest BCUT2D eigenvalue weighted by atomic mass is 9.95. The van der Waals surface area contributed by atoms with Crippen LogP contribution in [0.4, 0.5) is 15.9 Å². The monoisotopic (exact) mass is 529 g/mol. The van der Waals surface area contributed by atoms with E-state index in [1.54, 1.807) is 23.5 Å². The van der Waals surface area contributed by atoms with Gasteiger partial charge in [0.1, 0.15) is 11.5 Å². The molecule has 33 heavy (non-hydrogen) atoms. The van der Waals surface area contributed by atoms with E-state index in [0.717, 1.165) is 64.9 Å². The summed E-state index contributed by atoms with van der Waals surface area (Å²) in [7, 11) is 0. The number of nitrogens with zero attached hydrogens (tertiary/aromatic N) is 5. The van der Waals surface area contributed by atoms with Crippen LogP contribution in [0.15, 0.2) is 52.3 Å². The zero-order chi connectivity index (χ0) is 22.8. The number of piperidine rings is 1. The summed E-state index contributed by atoms with van der Waals surface area (Å²) in [5, 5.41) is 8.83. The fourth-order valence-electron chi connectivity index (χ4n) is 4.53. The number of carbonyl (C=O) groups is 1. The molecule has 0 N–H and O–H groups in total. The Kier molecular flexibility index (Phi) is 6.59. The maximum absolute atomic E-state index is 13.2. The fraction of sp³-hybridized carbons (Fsp3) is 0.375. The van der Waals surface area contributed by atoms with Crippen molar-refractivity contribution in [2.75, 3.05) is 49.1 Å². The highest BCUT2D eigenvalue weighted by Crippen LogP contribution is 2.31. The number of anilines is 2. The molecule has 5 rings (SSSR count). The lowest BCUT2D eigenvalue weighted by Gasteiger charge is -2.39. The third-order valence-electron chi connectivity index (χ3n) is 6.43. The summed E-state index contributed by atoms with van der Waals surface area (Å²) < 4.78 is 14.2. The van der Waals surface area contributed by atoms with Crippen molar-refractivity contribution in [2.24, 2.45) is 5.92 Å². The van der Waals surface area contributed by atoms with E-state index in [1.165, 1.54) is 12.1 Å². The molecular formula is C24H25BrFN5OS. The molecule has 1 amide bonds. The van der Waals surface area contributed by atoms with Crippen LogP contribution >= 0.6 is 27.3 Å². The van der Waals surface area contributed by atoms with Crippen molar-refractivity contribution in [1.29, 1.82) is 0 Å². The van der Waals surface area contributed by atoms with Crippen LogP contribution in [0.3, 0.4) is 0 Å². The fourth-order valence-corrected chi connectivity index (χ4v) is 5.88. The van der Waals surface area contributed by atoms with E-state index in [2.05, 4.69) is 35.9 Å². The van der Waals surface area contributed by atoms with E-state index in [9.17, 15) is 9.18 Å². The molecule has 4 heterocycles. The van der Waals surface area contributed by atoms with Crippen molar-refractivity contribution in [2.45, 2.75) is 12.8 Å². The summed E-state index contributed by atoms with van der Waals surface area (Å²) in [6.07, 6.45) is 1.66. The minimum Gasteiger partial charge on any atom is -0.368 e. The largest absolute Gasteiger partial charge is 0.368 e. The molecule has 2 fully saturated rings. The van der Waals surface area contributed by atoms with Crippen LogP contribution in [0.25, 0.3) is 10.6 Å². The van der Waals surface area contributed by atoms with Gasteiger partial charge in [0.25, 0.3) is 0 Å². The normalized spacial score (nSPS) is 17.5. The predicted molar refractivity (Wildman–Crippen MR) is 133 cm³/mol. The second-order valence-electron chi connectivity index (χ2n) is 8.43. The summed E-state index contributed by atoms with van der Waals surface area (Å²) in [5.41, 5.74) is 1.88. The zero-order valence-corrected chi connectivity index (χ0v) is 20.6. The van der Waals surface area contributed by atoms with Gasteiger partial charge in [-0.25, -0.2) is 4.39 Å². The van der Waals surface area contributed by atoms with E-state index < -0.39 is 0 Å². The number of hydrogen-bond donors (Lipinski definition) is 0. The Balaban J connectivity index is 1.12. The molecule has 0 bridgehead atoms. The van der Waals surface area contributed by atoms with E-state index in [0.29, 0.717) is 13.1 Å². The summed E-state index contributed by atoms with van der Waals surface area (Å²) in [5.74, 6) is 0.970. The number of piperazine rings is 1. The number of amides is 1. The standard InChI is InChI=1S/C24H25BrFN5OS/c25-22-7-6-21(33-22)20-5-8-23(28-27-20)30-11-9-17(10-12-30)24(32)31-15-13-29(14-16-31)19-3-1-18(26)2-4-19/h1-8,17H,9-16H2. The number of thiophene rings is 1. The minimum atomic E-state index is -0.225. The number of carbonyl (C=O) groups excluding carboxylic acids is 1. The molecule has 0 atom stereocenters. The second kappa shape index (κ2) is 9.77. The van der Waals surface area contributed by atoms with Crippen LogP contribution in [0.2, 0.25) is 0 Å². The molecule has 6 nitrogen and oxygen atoms in total. The highest BCUT2D eigenvalue weighted by atomic mass is 79.9. The smallest absolute Gasteiger partial charge is 0.225 e. The zero-order valence-electron chi connectivity index (χ0n) is 18.2. The Hall–Kier alpha value is -2.52. The third kappa shape index (κ3) is 5.04. The summed E-state index contributed by atoms with van der Waals surface area (Å²) >= 11 is 5.12. The molecule has 2 aliphatic heterocycles. The van der Waals surface area contributed by atoms with Gasteiger partial charge in [-0.15, -0.1) is 21.5 Å². The van der Waals surface area contributed by atoms with Crippen molar-refractivity contribution in [3.8, 4) is 10.6 Å². The lowest BCUT2D eigenvalue weighted by Crippen LogP contribution is -2.51. The molecule has 0 spiro atoms. The first-order valence-corrected chi connectivity index (χ1v) is 12.8. The second-order valence-corrected chi connectivity index (χ2v) is 10.9. The van der Waals surface area contributed by atoms with E-state index in [1.807, 2.05) is 29.2 Å². The van der Waals surface area contributed by atoms with Crippen LogP contribution in [0.1, 0.15) is 12.8 Å². The third-order valence-corrected chi connectivity index (χ3v) is 8.07. The highest BCUT2D eigenvalue weighted by molar-refractivity contribution is 9.11. The van der Waals surface area contributed by atoms with Crippen molar-refractivity contribution in [3.05, 3.63) is 58.1 Å². The van der Waals surface area contributed by atoms with Crippen LogP contribution in [-0.2, 0) is 4.79 Å². The van der Waals surface area contributed by atoms with Crippen LogP contribution in [0.5, 0.6) is 0 Å². The molecule has 0 radical (unpaired) electrons. The minimum absolute atomic E-state index is 0.0642. The Morgan fingerprint density at radius 1 is 0.879 bits per heavy atom.